The number of halogens is 3. The Morgan fingerprint density at radius 2 is 1.97 bits per heavy atom. The van der Waals surface area contributed by atoms with Crippen molar-refractivity contribution in [3.63, 3.8) is 0 Å². The van der Waals surface area contributed by atoms with Gasteiger partial charge in [-0.1, -0.05) is 0 Å². The van der Waals surface area contributed by atoms with Crippen molar-refractivity contribution < 1.29 is 37.7 Å². The van der Waals surface area contributed by atoms with Crippen molar-refractivity contribution in [2.24, 2.45) is 5.92 Å². The van der Waals surface area contributed by atoms with Crippen LogP contribution in [0.3, 0.4) is 0 Å². The molecule has 198 valence electrons. The first kappa shape index (κ1) is 27.7. The molecule has 0 spiro atoms. The number of carbonyl (C=O) groups excluding carboxylic acids is 1. The predicted octanol–water partition coefficient (Wildman–Crippen LogP) is 3.89. The molecule has 9 nitrogen and oxygen atoms in total. The Morgan fingerprint density at radius 1 is 1.30 bits per heavy atom. The van der Waals surface area contributed by atoms with Crippen molar-refractivity contribution in [1.82, 2.24) is 10.3 Å². The summed E-state index contributed by atoms with van der Waals surface area (Å²) in [7, 11) is 1.40. The van der Waals surface area contributed by atoms with E-state index in [4.69, 9.17) is 15.1 Å². The van der Waals surface area contributed by atoms with E-state index < -0.39 is 47.0 Å². The number of carboxylic acids is 1. The second-order valence-corrected chi connectivity index (χ2v) is 9.07. The lowest BCUT2D eigenvalue weighted by Gasteiger charge is -2.34. The summed E-state index contributed by atoms with van der Waals surface area (Å²) in [6, 6.07) is 6.48. The van der Waals surface area contributed by atoms with Crippen LogP contribution in [0.1, 0.15) is 65.7 Å². The number of aliphatic carboxylic acids is 1. The quantitative estimate of drug-likeness (QED) is 0.410. The minimum absolute atomic E-state index is 0.146. The maximum atomic E-state index is 13.9. The van der Waals surface area contributed by atoms with E-state index in [2.05, 4.69) is 15.6 Å². The molecule has 37 heavy (non-hydrogen) atoms. The zero-order valence-electron chi connectivity index (χ0n) is 20.2. The molecular formula is C25H27F3N4O5. The van der Waals surface area contributed by atoms with E-state index in [1.54, 1.807) is 13.0 Å². The molecule has 2 aromatic rings. The number of anilines is 1. The van der Waals surface area contributed by atoms with Crippen LogP contribution in [0.5, 0.6) is 5.75 Å². The number of rotatable bonds is 8. The summed E-state index contributed by atoms with van der Waals surface area (Å²) in [5.41, 5.74) is -2.10. The van der Waals surface area contributed by atoms with E-state index in [-0.39, 0.29) is 37.8 Å². The van der Waals surface area contributed by atoms with Crippen LogP contribution in [0.15, 0.2) is 30.5 Å². The van der Waals surface area contributed by atoms with Gasteiger partial charge in [-0.3, -0.25) is 9.59 Å². The van der Waals surface area contributed by atoms with Crippen LogP contribution in [-0.2, 0) is 11.0 Å². The number of nitriles is 1. The largest absolute Gasteiger partial charge is 0.496 e. The van der Waals surface area contributed by atoms with Crippen molar-refractivity contribution in [3.8, 4) is 11.8 Å². The Morgan fingerprint density at radius 3 is 2.54 bits per heavy atom. The van der Waals surface area contributed by atoms with Gasteiger partial charge in [-0.05, 0) is 56.9 Å². The predicted molar refractivity (Wildman–Crippen MR) is 126 cm³/mol. The Hall–Kier alpha value is -3.85. The third-order valence-electron chi connectivity index (χ3n) is 6.48. The van der Waals surface area contributed by atoms with Crippen LogP contribution in [0, 0.1) is 17.2 Å². The monoisotopic (exact) mass is 520 g/mol. The topological polar surface area (TPSA) is 145 Å². The van der Waals surface area contributed by atoms with Crippen LogP contribution in [-0.4, -0.2) is 46.3 Å². The number of pyridine rings is 1. The minimum Gasteiger partial charge on any atom is -0.496 e. The normalized spacial score (nSPS) is 20.4. The second kappa shape index (κ2) is 11.0. The Labute approximate surface area is 211 Å². The zero-order valence-corrected chi connectivity index (χ0v) is 20.2. The lowest BCUT2D eigenvalue weighted by Crippen LogP contribution is -2.46. The van der Waals surface area contributed by atoms with Gasteiger partial charge in [0, 0.05) is 18.3 Å². The number of nitrogens with zero attached hydrogens (tertiary/aromatic N) is 2. The standard InChI is InChI=1S/C25H27F3N4O5/c1-14(18-9-15(11-29)3-4-20(18)37-2)32-21-19(25(26,27)28)10-17(12-30-21)22(33)31-13-24(36)7-5-16(6-8-24)23(34)35/h3-4,9-10,12,14,16,36H,5-8,13H2,1-2H3,(H,30,32)(H,31,33)(H,34,35)/t14-,16?,24?/m0/s1. The molecule has 1 heterocycles. The molecule has 1 atom stereocenters. The van der Waals surface area contributed by atoms with E-state index in [1.807, 2.05) is 6.07 Å². The van der Waals surface area contributed by atoms with E-state index >= 15 is 0 Å². The molecule has 0 unspecified atom stereocenters. The summed E-state index contributed by atoms with van der Waals surface area (Å²) in [5.74, 6) is -2.50. The number of carbonyl (C=O) groups is 2. The minimum atomic E-state index is -4.84. The smallest absolute Gasteiger partial charge is 0.419 e. The number of aliphatic hydroxyl groups is 1. The zero-order chi connectivity index (χ0) is 27.4. The maximum absolute atomic E-state index is 13.9. The number of ether oxygens (including phenoxy) is 1. The van der Waals surface area contributed by atoms with Crippen LogP contribution in [0.2, 0.25) is 0 Å². The number of benzene rings is 1. The molecule has 1 amide bonds. The van der Waals surface area contributed by atoms with Crippen molar-refractivity contribution in [2.75, 3.05) is 19.0 Å². The van der Waals surface area contributed by atoms with Crippen LogP contribution in [0.25, 0.3) is 0 Å². The molecule has 1 aromatic carbocycles. The van der Waals surface area contributed by atoms with Gasteiger partial charge in [0.25, 0.3) is 5.91 Å². The van der Waals surface area contributed by atoms with Crippen LogP contribution in [0.4, 0.5) is 19.0 Å². The lowest BCUT2D eigenvalue weighted by molar-refractivity contribution is -0.144. The van der Waals surface area contributed by atoms with Gasteiger partial charge in [-0.2, -0.15) is 18.4 Å². The highest BCUT2D eigenvalue weighted by Gasteiger charge is 2.38. The van der Waals surface area contributed by atoms with Crippen molar-refractivity contribution in [3.05, 3.63) is 52.7 Å². The second-order valence-electron chi connectivity index (χ2n) is 9.07. The number of amides is 1. The molecule has 1 saturated carbocycles. The van der Waals surface area contributed by atoms with Gasteiger partial charge in [0.1, 0.15) is 11.6 Å². The van der Waals surface area contributed by atoms with Crippen molar-refractivity contribution in [1.29, 1.82) is 5.26 Å². The van der Waals surface area contributed by atoms with E-state index in [9.17, 15) is 27.9 Å². The number of nitrogens with one attached hydrogen (secondary N) is 2. The summed E-state index contributed by atoms with van der Waals surface area (Å²) in [4.78, 5) is 27.5. The van der Waals surface area contributed by atoms with Gasteiger partial charge in [-0.15, -0.1) is 0 Å². The summed E-state index contributed by atoms with van der Waals surface area (Å²) in [5, 5.41) is 34.0. The fourth-order valence-corrected chi connectivity index (χ4v) is 4.27. The molecule has 3 rings (SSSR count). The molecule has 1 aromatic heterocycles. The number of alkyl halides is 3. The average Bonchev–Trinajstić information content (AvgIpc) is 2.86. The fourth-order valence-electron chi connectivity index (χ4n) is 4.27. The fraction of sp³-hybridized carbons (Fsp3) is 0.440. The molecule has 4 N–H and O–H groups in total. The number of carboxylic acid groups (broad SMARTS) is 1. The van der Waals surface area contributed by atoms with Crippen LogP contribution < -0.4 is 15.4 Å². The number of aromatic nitrogens is 1. The number of methoxy groups -OCH3 is 1. The third kappa shape index (κ3) is 6.68. The SMILES string of the molecule is COc1ccc(C#N)cc1[C@H](C)Nc1ncc(C(=O)NCC2(O)CCC(C(=O)O)CC2)cc1C(F)(F)F. The molecule has 1 aliphatic rings. The average molecular weight is 521 g/mol. The highest BCUT2D eigenvalue weighted by atomic mass is 19.4. The van der Waals surface area contributed by atoms with E-state index in [0.717, 1.165) is 6.20 Å². The maximum Gasteiger partial charge on any atom is 0.419 e. The first-order chi connectivity index (χ1) is 17.4. The number of hydrogen-bond acceptors (Lipinski definition) is 7. The Kier molecular flexibility index (Phi) is 8.28. The van der Waals surface area contributed by atoms with Gasteiger partial charge < -0.3 is 25.6 Å². The van der Waals surface area contributed by atoms with E-state index in [0.29, 0.717) is 22.9 Å². The molecule has 12 heteroatoms. The molecule has 0 aliphatic heterocycles. The summed E-state index contributed by atoms with van der Waals surface area (Å²) < 4.78 is 46.9. The van der Waals surface area contributed by atoms with Gasteiger partial charge in [0.05, 0.1) is 47.4 Å². The lowest BCUT2D eigenvalue weighted by atomic mass is 9.79. The van der Waals surface area contributed by atoms with Gasteiger partial charge in [0.2, 0.25) is 0 Å². The summed E-state index contributed by atoms with van der Waals surface area (Å²) in [6.07, 6.45) is -3.07. The third-order valence-corrected chi connectivity index (χ3v) is 6.48. The summed E-state index contributed by atoms with van der Waals surface area (Å²) >= 11 is 0. The van der Waals surface area contributed by atoms with Gasteiger partial charge in [0.15, 0.2) is 0 Å². The van der Waals surface area contributed by atoms with Gasteiger partial charge in [-0.25, -0.2) is 4.98 Å². The molecular weight excluding hydrogens is 493 g/mol. The van der Waals surface area contributed by atoms with Crippen molar-refractivity contribution >= 4 is 17.7 Å². The Balaban J connectivity index is 1.77. The van der Waals surface area contributed by atoms with Gasteiger partial charge >= 0.3 is 12.1 Å². The molecule has 0 bridgehead atoms. The van der Waals surface area contributed by atoms with Crippen molar-refractivity contribution in [2.45, 2.75) is 50.4 Å². The molecule has 1 aliphatic carbocycles. The molecule has 0 radical (unpaired) electrons. The van der Waals surface area contributed by atoms with E-state index in [1.165, 1.54) is 19.2 Å². The summed E-state index contributed by atoms with van der Waals surface area (Å²) in [6.45, 7) is 1.35. The first-order valence-corrected chi connectivity index (χ1v) is 11.5. The highest BCUT2D eigenvalue weighted by molar-refractivity contribution is 5.94. The molecule has 0 saturated heterocycles. The Bertz CT molecular complexity index is 1200. The highest BCUT2D eigenvalue weighted by Crippen LogP contribution is 2.37. The molecule has 1 fully saturated rings. The number of hydrogen-bond donors (Lipinski definition) is 4. The first-order valence-electron chi connectivity index (χ1n) is 11.5. The van der Waals surface area contributed by atoms with Crippen LogP contribution >= 0.6 is 0 Å².